The van der Waals surface area contributed by atoms with Gasteiger partial charge in [-0.1, -0.05) is 65.8 Å². The number of rotatable bonds is 3. The molecule has 6 heteroatoms. The summed E-state index contributed by atoms with van der Waals surface area (Å²) in [6.45, 7) is 2.03. The zero-order chi connectivity index (χ0) is 18.0. The zero-order valence-electron chi connectivity index (χ0n) is 13.8. The Hall–Kier alpha value is -1.82. The van der Waals surface area contributed by atoms with Crippen LogP contribution in [-0.2, 0) is 0 Å². The normalized spacial score (nSPS) is 17.1. The first kappa shape index (κ1) is 18.0. The highest BCUT2D eigenvalue weighted by atomic mass is 35.5. The van der Waals surface area contributed by atoms with Gasteiger partial charge >= 0.3 is 6.03 Å². The summed E-state index contributed by atoms with van der Waals surface area (Å²) in [4.78, 5) is 12.3. The molecule has 3 nitrogen and oxygen atoms in total. The van der Waals surface area contributed by atoms with Crippen molar-refractivity contribution in [2.75, 3.05) is 6.26 Å². The van der Waals surface area contributed by atoms with Crippen LogP contribution in [0.3, 0.4) is 0 Å². The maximum Gasteiger partial charge on any atom is 0.320 e. The largest absolute Gasteiger partial charge is 0.327 e. The van der Waals surface area contributed by atoms with Gasteiger partial charge in [-0.2, -0.15) is 0 Å². The first-order valence-corrected chi connectivity index (χ1v) is 9.73. The molecule has 0 saturated heterocycles. The highest BCUT2D eigenvalue weighted by Gasteiger charge is 2.31. The summed E-state index contributed by atoms with van der Waals surface area (Å²) < 4.78 is 0.739. The first-order chi connectivity index (χ1) is 12.0. The Morgan fingerprint density at radius 3 is 2.36 bits per heavy atom. The summed E-state index contributed by atoms with van der Waals surface area (Å²) in [6.07, 6.45) is 1.94. The van der Waals surface area contributed by atoms with Crippen molar-refractivity contribution < 1.29 is 4.79 Å². The maximum absolute atomic E-state index is 12.3. The van der Waals surface area contributed by atoms with E-state index in [0.717, 1.165) is 32.2 Å². The Morgan fingerprint density at radius 1 is 1.12 bits per heavy atom. The summed E-state index contributed by atoms with van der Waals surface area (Å²) in [7, 11) is 0. The Morgan fingerprint density at radius 2 is 1.76 bits per heavy atom. The van der Waals surface area contributed by atoms with E-state index in [1.54, 1.807) is 0 Å². The topological polar surface area (TPSA) is 41.1 Å². The number of aryl methyl sites for hydroxylation is 1. The van der Waals surface area contributed by atoms with Crippen LogP contribution in [0.5, 0.6) is 0 Å². The molecule has 0 radical (unpaired) electrons. The second-order valence-corrected chi connectivity index (χ2v) is 7.65. The van der Waals surface area contributed by atoms with Crippen molar-refractivity contribution in [3.63, 3.8) is 0 Å². The number of thioether (sulfide) groups is 1. The summed E-state index contributed by atoms with van der Waals surface area (Å²) in [6, 6.07) is 14.9. The molecule has 2 amide bonds. The average Bonchev–Trinajstić information content (AvgIpc) is 2.61. The van der Waals surface area contributed by atoms with Gasteiger partial charge in [-0.15, -0.1) is 11.8 Å². The van der Waals surface area contributed by atoms with E-state index in [1.807, 2.05) is 61.7 Å². The lowest BCUT2D eigenvalue weighted by atomic mass is 9.93. The fraction of sp³-hybridized carbons (Fsp3) is 0.158. The lowest BCUT2D eigenvalue weighted by Gasteiger charge is -2.31. The van der Waals surface area contributed by atoms with Crippen LogP contribution >= 0.6 is 35.6 Å². The van der Waals surface area contributed by atoms with Crippen LogP contribution in [0.2, 0.25) is 5.02 Å². The molecule has 0 aromatic heterocycles. The highest BCUT2D eigenvalue weighted by molar-refractivity contribution is 8.23. The van der Waals surface area contributed by atoms with E-state index >= 15 is 0 Å². The molecular formula is C19H17ClN2OS2. The van der Waals surface area contributed by atoms with E-state index < -0.39 is 0 Å². The maximum atomic E-state index is 12.3. The van der Waals surface area contributed by atoms with Gasteiger partial charge < -0.3 is 10.6 Å². The third-order valence-electron chi connectivity index (χ3n) is 4.02. The van der Waals surface area contributed by atoms with Gasteiger partial charge in [0.15, 0.2) is 0 Å². The summed E-state index contributed by atoms with van der Waals surface area (Å²) in [5, 5.41) is 6.56. The molecule has 3 rings (SSSR count). The van der Waals surface area contributed by atoms with Crippen LogP contribution in [0.25, 0.3) is 5.70 Å². The summed E-state index contributed by atoms with van der Waals surface area (Å²) in [5.74, 6) is 0. The lowest BCUT2D eigenvalue weighted by Crippen LogP contribution is -2.44. The molecule has 0 fully saturated rings. The lowest BCUT2D eigenvalue weighted by molar-refractivity contribution is 0.241. The Balaban J connectivity index is 2.17. The molecule has 0 spiro atoms. The van der Waals surface area contributed by atoms with Gasteiger partial charge in [-0.25, -0.2) is 4.79 Å². The summed E-state index contributed by atoms with van der Waals surface area (Å²) in [5.41, 5.74) is 4.69. The molecular weight excluding hydrogens is 372 g/mol. The van der Waals surface area contributed by atoms with Gasteiger partial charge in [0, 0.05) is 10.6 Å². The average molecular weight is 389 g/mol. The molecule has 1 aliphatic rings. The standard InChI is InChI=1S/C19H17ClN2OS2/c1-11-3-5-12(6-4-11)16-15(18(24)25-2)17(22-19(23)21-16)13-7-9-14(20)10-8-13/h3-10,17H,1-2H3,(H2,21,22,23). The Labute approximate surface area is 161 Å². The molecule has 1 heterocycles. The molecule has 1 atom stereocenters. The van der Waals surface area contributed by atoms with Crippen LogP contribution in [-0.4, -0.2) is 16.5 Å². The van der Waals surface area contributed by atoms with Crippen molar-refractivity contribution in [3.8, 4) is 0 Å². The van der Waals surface area contributed by atoms with Crippen LogP contribution in [0.4, 0.5) is 4.79 Å². The number of amides is 2. The molecule has 25 heavy (non-hydrogen) atoms. The van der Waals surface area contributed by atoms with E-state index in [0.29, 0.717) is 5.02 Å². The predicted molar refractivity (Wildman–Crippen MR) is 110 cm³/mol. The fourth-order valence-electron chi connectivity index (χ4n) is 2.75. The van der Waals surface area contributed by atoms with Crippen molar-refractivity contribution in [3.05, 3.63) is 75.8 Å². The van der Waals surface area contributed by atoms with Gasteiger partial charge in [-0.05, 0) is 36.4 Å². The van der Waals surface area contributed by atoms with Gasteiger partial charge in [0.2, 0.25) is 0 Å². The SMILES string of the molecule is CSC(=S)C1=C(c2ccc(C)cc2)NC(=O)NC1c1ccc(Cl)cc1. The van der Waals surface area contributed by atoms with E-state index in [1.165, 1.54) is 11.8 Å². The van der Waals surface area contributed by atoms with E-state index in [-0.39, 0.29) is 12.1 Å². The number of hydrogen-bond donors (Lipinski definition) is 2. The van der Waals surface area contributed by atoms with Gasteiger partial charge in [0.05, 0.1) is 15.9 Å². The van der Waals surface area contributed by atoms with Crippen LogP contribution < -0.4 is 10.6 Å². The minimum atomic E-state index is -0.317. The molecule has 0 bridgehead atoms. The minimum Gasteiger partial charge on any atom is -0.327 e. The van der Waals surface area contributed by atoms with Crippen LogP contribution in [0, 0.1) is 6.92 Å². The number of benzene rings is 2. The molecule has 1 unspecified atom stereocenters. The van der Waals surface area contributed by atoms with Gasteiger partial charge in [0.1, 0.15) is 0 Å². The number of hydrogen-bond acceptors (Lipinski definition) is 3. The van der Waals surface area contributed by atoms with Crippen molar-refractivity contribution in [1.29, 1.82) is 0 Å². The smallest absolute Gasteiger partial charge is 0.320 e. The number of halogens is 1. The molecule has 1 aliphatic heterocycles. The second kappa shape index (κ2) is 7.60. The zero-order valence-corrected chi connectivity index (χ0v) is 16.2. The quantitative estimate of drug-likeness (QED) is 0.718. The fourth-order valence-corrected chi connectivity index (χ4v) is 3.53. The number of urea groups is 1. The highest BCUT2D eigenvalue weighted by Crippen LogP contribution is 2.34. The van der Waals surface area contributed by atoms with Crippen molar-refractivity contribution >= 4 is 51.5 Å². The molecule has 2 aromatic carbocycles. The number of carbonyl (C=O) groups is 1. The van der Waals surface area contributed by atoms with E-state index in [4.69, 9.17) is 23.8 Å². The third-order valence-corrected chi connectivity index (χ3v) is 5.58. The number of thiocarbonyl (C=S) groups is 1. The molecule has 0 aliphatic carbocycles. The first-order valence-electron chi connectivity index (χ1n) is 7.72. The molecule has 2 aromatic rings. The number of carbonyl (C=O) groups excluding carboxylic acids is 1. The van der Waals surface area contributed by atoms with Crippen molar-refractivity contribution in [2.45, 2.75) is 13.0 Å². The van der Waals surface area contributed by atoms with Crippen molar-refractivity contribution in [2.24, 2.45) is 0 Å². The van der Waals surface area contributed by atoms with Crippen LogP contribution in [0.1, 0.15) is 22.7 Å². The van der Waals surface area contributed by atoms with Crippen molar-refractivity contribution in [1.82, 2.24) is 10.6 Å². The molecule has 0 saturated carbocycles. The predicted octanol–water partition coefficient (Wildman–Crippen LogP) is 5.10. The van der Waals surface area contributed by atoms with Gasteiger partial charge in [0.25, 0.3) is 0 Å². The molecule has 128 valence electrons. The van der Waals surface area contributed by atoms with Gasteiger partial charge in [-0.3, -0.25) is 0 Å². The molecule has 2 N–H and O–H groups in total. The Bertz CT molecular complexity index is 845. The van der Waals surface area contributed by atoms with E-state index in [9.17, 15) is 4.79 Å². The third kappa shape index (κ3) is 3.89. The Kier molecular flexibility index (Phi) is 5.47. The van der Waals surface area contributed by atoms with Crippen LogP contribution in [0.15, 0.2) is 54.1 Å². The summed E-state index contributed by atoms with van der Waals surface area (Å²) >= 11 is 13.1. The monoisotopic (exact) mass is 388 g/mol. The second-order valence-electron chi connectivity index (χ2n) is 5.73. The number of nitrogens with one attached hydrogen (secondary N) is 2. The van der Waals surface area contributed by atoms with E-state index in [2.05, 4.69) is 10.6 Å². The minimum absolute atomic E-state index is 0.247.